The fraction of sp³-hybridized carbons (Fsp3) is 0.571. The number of hydrogen-bond donors (Lipinski definition) is 1. The Kier molecular flexibility index (Phi) is 4.13. The Morgan fingerprint density at radius 3 is 2.35 bits per heavy atom. The van der Waals surface area contributed by atoms with Gasteiger partial charge in [-0.25, -0.2) is 0 Å². The van der Waals surface area contributed by atoms with Gasteiger partial charge in [-0.05, 0) is 43.7 Å². The van der Waals surface area contributed by atoms with Gasteiger partial charge in [-0.1, -0.05) is 12.1 Å². The summed E-state index contributed by atoms with van der Waals surface area (Å²) in [5.74, 6) is 0. The average Bonchev–Trinajstić information content (AvgIpc) is 2.33. The van der Waals surface area contributed by atoms with Crippen molar-refractivity contribution in [3.63, 3.8) is 0 Å². The van der Waals surface area contributed by atoms with Gasteiger partial charge in [0, 0.05) is 24.5 Å². The number of rotatable bonds is 3. The smallest absolute Gasteiger partial charge is 0.0644 e. The van der Waals surface area contributed by atoms with Crippen LogP contribution in [0.5, 0.6) is 0 Å². The van der Waals surface area contributed by atoms with Gasteiger partial charge >= 0.3 is 0 Å². The molecule has 0 aromatic heterocycles. The lowest BCUT2D eigenvalue weighted by Gasteiger charge is -2.35. The van der Waals surface area contributed by atoms with Gasteiger partial charge in [0.2, 0.25) is 0 Å². The first kappa shape index (κ1) is 12.9. The third-order valence-electron chi connectivity index (χ3n) is 3.50. The largest absolute Gasteiger partial charge is 0.390 e. The fourth-order valence-electron chi connectivity index (χ4n) is 2.18. The van der Waals surface area contributed by atoms with Gasteiger partial charge in [-0.15, -0.1) is 11.8 Å². The van der Waals surface area contributed by atoms with Gasteiger partial charge in [0.25, 0.3) is 0 Å². The zero-order valence-corrected chi connectivity index (χ0v) is 11.5. The number of likely N-dealkylation sites (tertiary alicyclic amines) is 1. The summed E-state index contributed by atoms with van der Waals surface area (Å²) in [4.78, 5) is 3.74. The van der Waals surface area contributed by atoms with Crippen molar-refractivity contribution >= 4 is 11.8 Å². The second-order valence-electron chi connectivity index (χ2n) is 5.12. The van der Waals surface area contributed by atoms with Crippen molar-refractivity contribution < 1.29 is 5.11 Å². The van der Waals surface area contributed by atoms with Crippen LogP contribution in [-0.4, -0.2) is 35.0 Å². The highest BCUT2D eigenvalue weighted by molar-refractivity contribution is 7.98. The van der Waals surface area contributed by atoms with E-state index in [2.05, 4.69) is 35.4 Å². The van der Waals surface area contributed by atoms with Crippen molar-refractivity contribution in [2.45, 2.75) is 36.8 Å². The summed E-state index contributed by atoms with van der Waals surface area (Å²) in [7, 11) is 0. The predicted molar refractivity (Wildman–Crippen MR) is 73.4 cm³/mol. The zero-order chi connectivity index (χ0) is 12.3. The second kappa shape index (κ2) is 5.42. The van der Waals surface area contributed by atoms with Crippen LogP contribution in [0.3, 0.4) is 0 Å². The van der Waals surface area contributed by atoms with Gasteiger partial charge in [0.05, 0.1) is 5.60 Å². The van der Waals surface area contributed by atoms with E-state index in [0.717, 1.165) is 32.5 Å². The van der Waals surface area contributed by atoms with Gasteiger partial charge in [0.1, 0.15) is 0 Å². The van der Waals surface area contributed by atoms with E-state index in [1.807, 2.05) is 6.92 Å². The van der Waals surface area contributed by atoms with E-state index >= 15 is 0 Å². The molecule has 1 fully saturated rings. The Balaban J connectivity index is 1.89. The van der Waals surface area contributed by atoms with Crippen LogP contribution in [0, 0.1) is 0 Å². The normalized spacial score (nSPS) is 20.4. The highest BCUT2D eigenvalue weighted by Gasteiger charge is 2.26. The van der Waals surface area contributed by atoms with Crippen molar-refractivity contribution in [3.05, 3.63) is 29.8 Å². The molecule has 2 nitrogen and oxygen atoms in total. The van der Waals surface area contributed by atoms with E-state index in [1.54, 1.807) is 11.8 Å². The maximum Gasteiger partial charge on any atom is 0.0644 e. The van der Waals surface area contributed by atoms with Crippen molar-refractivity contribution in [1.29, 1.82) is 0 Å². The minimum Gasteiger partial charge on any atom is -0.390 e. The number of nitrogens with zero attached hydrogens (tertiary/aromatic N) is 1. The van der Waals surface area contributed by atoms with Crippen molar-refractivity contribution in [1.82, 2.24) is 4.90 Å². The molecule has 1 saturated heterocycles. The van der Waals surface area contributed by atoms with E-state index < -0.39 is 5.60 Å². The highest BCUT2D eigenvalue weighted by atomic mass is 32.2. The van der Waals surface area contributed by atoms with Gasteiger partial charge in [-0.3, -0.25) is 4.90 Å². The molecule has 1 aromatic rings. The maximum atomic E-state index is 9.90. The summed E-state index contributed by atoms with van der Waals surface area (Å²) in [6.07, 6.45) is 3.87. The summed E-state index contributed by atoms with van der Waals surface area (Å²) < 4.78 is 0. The minimum absolute atomic E-state index is 0.445. The number of hydrogen-bond acceptors (Lipinski definition) is 3. The first-order chi connectivity index (χ1) is 8.09. The summed E-state index contributed by atoms with van der Waals surface area (Å²) >= 11 is 1.78. The molecule has 1 aromatic carbocycles. The highest BCUT2D eigenvalue weighted by Crippen LogP contribution is 2.23. The molecule has 0 aliphatic carbocycles. The van der Waals surface area contributed by atoms with Crippen LogP contribution in [0.1, 0.15) is 25.3 Å². The molecule has 0 saturated carbocycles. The van der Waals surface area contributed by atoms with E-state index in [9.17, 15) is 5.11 Å². The molecule has 0 bridgehead atoms. The Morgan fingerprint density at radius 1 is 1.24 bits per heavy atom. The summed E-state index contributed by atoms with van der Waals surface area (Å²) in [6.45, 7) is 4.94. The van der Waals surface area contributed by atoms with Crippen molar-refractivity contribution in [3.8, 4) is 0 Å². The Labute approximate surface area is 108 Å². The van der Waals surface area contributed by atoms with Crippen LogP contribution in [-0.2, 0) is 6.54 Å². The van der Waals surface area contributed by atoms with E-state index in [1.165, 1.54) is 10.5 Å². The van der Waals surface area contributed by atoms with E-state index in [-0.39, 0.29) is 0 Å². The van der Waals surface area contributed by atoms with E-state index in [0.29, 0.717) is 0 Å². The van der Waals surface area contributed by atoms with Crippen LogP contribution in [0.25, 0.3) is 0 Å². The summed E-state index contributed by atoms with van der Waals surface area (Å²) in [6, 6.07) is 8.78. The molecule has 0 radical (unpaired) electrons. The minimum atomic E-state index is -0.445. The molecule has 0 unspecified atom stereocenters. The SMILES string of the molecule is CSc1ccc(CN2CCC(C)(O)CC2)cc1. The van der Waals surface area contributed by atoms with Crippen molar-refractivity contribution in [2.24, 2.45) is 0 Å². The number of thioether (sulfide) groups is 1. The molecule has 1 N–H and O–H groups in total. The average molecular weight is 251 g/mol. The number of aliphatic hydroxyl groups is 1. The third kappa shape index (κ3) is 3.73. The lowest BCUT2D eigenvalue weighted by atomic mass is 9.93. The van der Waals surface area contributed by atoms with Gasteiger partial charge < -0.3 is 5.11 Å². The molecule has 94 valence electrons. The molecule has 1 heterocycles. The molecule has 17 heavy (non-hydrogen) atoms. The van der Waals surface area contributed by atoms with Crippen LogP contribution in [0.4, 0.5) is 0 Å². The molecule has 0 atom stereocenters. The predicted octanol–water partition coefficient (Wildman–Crippen LogP) is 2.76. The van der Waals surface area contributed by atoms with Crippen LogP contribution >= 0.6 is 11.8 Å². The molecule has 0 amide bonds. The summed E-state index contributed by atoms with van der Waals surface area (Å²) in [5, 5.41) is 9.90. The molecule has 0 spiro atoms. The second-order valence-corrected chi connectivity index (χ2v) is 6.00. The molecule has 3 heteroatoms. The first-order valence-corrected chi connectivity index (χ1v) is 7.39. The molecule has 1 aliphatic heterocycles. The standard InChI is InChI=1S/C14H21NOS/c1-14(16)7-9-15(10-8-14)11-12-3-5-13(17-2)6-4-12/h3-6,16H,7-11H2,1-2H3. The van der Waals surface area contributed by atoms with Gasteiger partial charge in [-0.2, -0.15) is 0 Å². The quantitative estimate of drug-likeness (QED) is 0.836. The fourth-order valence-corrected chi connectivity index (χ4v) is 2.59. The zero-order valence-electron chi connectivity index (χ0n) is 10.6. The molecule has 1 aliphatic rings. The maximum absolute atomic E-state index is 9.90. The lowest BCUT2D eigenvalue weighted by Crippen LogP contribution is -2.41. The Bertz CT molecular complexity index is 351. The van der Waals surface area contributed by atoms with E-state index in [4.69, 9.17) is 0 Å². The van der Waals surface area contributed by atoms with Crippen LogP contribution < -0.4 is 0 Å². The van der Waals surface area contributed by atoms with Gasteiger partial charge in [0.15, 0.2) is 0 Å². The van der Waals surface area contributed by atoms with Crippen molar-refractivity contribution in [2.75, 3.05) is 19.3 Å². The lowest BCUT2D eigenvalue weighted by molar-refractivity contribution is -0.00730. The molecular formula is C14H21NOS. The Morgan fingerprint density at radius 2 is 1.82 bits per heavy atom. The van der Waals surface area contributed by atoms with Crippen LogP contribution in [0.15, 0.2) is 29.2 Å². The summed E-state index contributed by atoms with van der Waals surface area (Å²) in [5.41, 5.74) is 0.920. The molecular weight excluding hydrogens is 230 g/mol. The molecule has 2 rings (SSSR count). The monoisotopic (exact) mass is 251 g/mol. The third-order valence-corrected chi connectivity index (χ3v) is 4.24. The number of benzene rings is 1. The number of piperidine rings is 1. The first-order valence-electron chi connectivity index (χ1n) is 6.17. The van der Waals surface area contributed by atoms with Crippen LogP contribution in [0.2, 0.25) is 0 Å². The topological polar surface area (TPSA) is 23.5 Å². The Hall–Kier alpha value is -0.510.